The smallest absolute Gasteiger partial charge is 0.0629 e. The van der Waals surface area contributed by atoms with E-state index in [9.17, 15) is 0 Å². The standard InChI is InChI=1S/C17H23NS/c1-4-6-14-8-10-15(11-9-14)18-17(13(2)3)16-7-5-12-19-16/h5,7-13,17-18H,4,6H2,1-3H3. The fourth-order valence-electron chi connectivity index (χ4n) is 2.27. The second kappa shape index (κ2) is 6.76. The minimum absolute atomic E-state index is 0.400. The first-order valence-electron chi connectivity index (χ1n) is 7.09. The molecule has 2 rings (SSSR count). The maximum absolute atomic E-state index is 3.66. The topological polar surface area (TPSA) is 12.0 Å². The third kappa shape index (κ3) is 3.84. The minimum atomic E-state index is 0.400. The highest BCUT2D eigenvalue weighted by atomic mass is 32.1. The van der Waals surface area contributed by atoms with Crippen molar-refractivity contribution in [1.82, 2.24) is 0 Å². The summed E-state index contributed by atoms with van der Waals surface area (Å²) in [5.74, 6) is 0.578. The molecule has 0 saturated heterocycles. The van der Waals surface area contributed by atoms with E-state index in [-0.39, 0.29) is 0 Å². The third-order valence-electron chi connectivity index (χ3n) is 3.33. The van der Waals surface area contributed by atoms with Gasteiger partial charge in [0.2, 0.25) is 0 Å². The summed E-state index contributed by atoms with van der Waals surface area (Å²) in [4.78, 5) is 1.41. The van der Waals surface area contributed by atoms with E-state index in [2.05, 4.69) is 67.9 Å². The second-order valence-corrected chi connectivity index (χ2v) is 6.31. The zero-order valence-electron chi connectivity index (χ0n) is 12.0. The van der Waals surface area contributed by atoms with E-state index in [0.717, 1.165) is 0 Å². The summed E-state index contributed by atoms with van der Waals surface area (Å²) < 4.78 is 0. The highest BCUT2D eigenvalue weighted by molar-refractivity contribution is 7.10. The Bertz CT molecular complexity index is 470. The van der Waals surface area contributed by atoms with Gasteiger partial charge in [0.15, 0.2) is 0 Å². The monoisotopic (exact) mass is 273 g/mol. The summed E-state index contributed by atoms with van der Waals surface area (Å²) in [5.41, 5.74) is 2.64. The van der Waals surface area contributed by atoms with Gasteiger partial charge in [-0.3, -0.25) is 0 Å². The average Bonchev–Trinajstić information content (AvgIpc) is 2.91. The zero-order chi connectivity index (χ0) is 13.7. The Morgan fingerprint density at radius 1 is 1.11 bits per heavy atom. The first-order chi connectivity index (χ1) is 9.20. The molecule has 0 amide bonds. The summed E-state index contributed by atoms with van der Waals surface area (Å²) >= 11 is 1.83. The Kier molecular flexibility index (Phi) is 5.03. The van der Waals surface area contributed by atoms with Gasteiger partial charge in [-0.05, 0) is 41.5 Å². The van der Waals surface area contributed by atoms with Crippen LogP contribution >= 0.6 is 11.3 Å². The van der Waals surface area contributed by atoms with Gasteiger partial charge < -0.3 is 5.32 Å². The SMILES string of the molecule is CCCc1ccc(NC(c2cccs2)C(C)C)cc1. The van der Waals surface area contributed by atoms with Crippen LogP contribution in [0.2, 0.25) is 0 Å². The number of rotatable bonds is 6. The number of hydrogen-bond acceptors (Lipinski definition) is 2. The van der Waals surface area contributed by atoms with Gasteiger partial charge in [-0.1, -0.05) is 45.4 Å². The number of hydrogen-bond donors (Lipinski definition) is 1. The lowest BCUT2D eigenvalue weighted by molar-refractivity contribution is 0.554. The molecule has 1 N–H and O–H groups in total. The van der Waals surface area contributed by atoms with E-state index in [1.165, 1.54) is 29.0 Å². The summed E-state index contributed by atoms with van der Waals surface area (Å²) in [7, 11) is 0. The van der Waals surface area contributed by atoms with Crippen molar-refractivity contribution in [3.05, 3.63) is 52.2 Å². The van der Waals surface area contributed by atoms with Crippen LogP contribution in [-0.2, 0) is 6.42 Å². The molecular weight excluding hydrogens is 250 g/mol. The number of benzene rings is 1. The van der Waals surface area contributed by atoms with Crippen LogP contribution in [0.3, 0.4) is 0 Å². The quantitative estimate of drug-likeness (QED) is 0.731. The van der Waals surface area contributed by atoms with Crippen molar-refractivity contribution in [2.24, 2.45) is 5.92 Å². The molecule has 19 heavy (non-hydrogen) atoms. The van der Waals surface area contributed by atoms with Crippen molar-refractivity contribution in [2.45, 2.75) is 39.7 Å². The Balaban J connectivity index is 2.09. The molecule has 1 unspecified atom stereocenters. The van der Waals surface area contributed by atoms with E-state index in [1.54, 1.807) is 0 Å². The Hall–Kier alpha value is -1.28. The number of thiophene rings is 1. The van der Waals surface area contributed by atoms with Crippen LogP contribution < -0.4 is 5.32 Å². The predicted molar refractivity (Wildman–Crippen MR) is 86.0 cm³/mol. The van der Waals surface area contributed by atoms with Crippen LogP contribution in [0.5, 0.6) is 0 Å². The lowest BCUT2D eigenvalue weighted by Gasteiger charge is -2.22. The van der Waals surface area contributed by atoms with Crippen molar-refractivity contribution in [3.63, 3.8) is 0 Å². The molecule has 0 aliphatic carbocycles. The number of anilines is 1. The summed E-state index contributed by atoms with van der Waals surface area (Å²) in [5, 5.41) is 5.81. The number of aryl methyl sites for hydroxylation is 1. The van der Waals surface area contributed by atoms with Gasteiger partial charge in [0.25, 0.3) is 0 Å². The van der Waals surface area contributed by atoms with E-state index >= 15 is 0 Å². The Labute approximate surface area is 120 Å². The first kappa shape index (κ1) is 14.1. The van der Waals surface area contributed by atoms with Gasteiger partial charge >= 0.3 is 0 Å². The van der Waals surface area contributed by atoms with E-state index in [0.29, 0.717) is 12.0 Å². The highest BCUT2D eigenvalue weighted by Crippen LogP contribution is 2.29. The molecule has 0 spiro atoms. The third-order valence-corrected chi connectivity index (χ3v) is 4.29. The van der Waals surface area contributed by atoms with Gasteiger partial charge in [0.05, 0.1) is 6.04 Å². The zero-order valence-corrected chi connectivity index (χ0v) is 12.8. The molecule has 2 aromatic rings. The van der Waals surface area contributed by atoms with Crippen molar-refractivity contribution in [3.8, 4) is 0 Å². The largest absolute Gasteiger partial charge is 0.377 e. The molecule has 1 aromatic carbocycles. The fourth-order valence-corrected chi connectivity index (χ4v) is 3.22. The van der Waals surface area contributed by atoms with Crippen molar-refractivity contribution < 1.29 is 0 Å². The van der Waals surface area contributed by atoms with Gasteiger partial charge in [0, 0.05) is 10.6 Å². The molecule has 0 bridgehead atoms. The molecule has 0 saturated carbocycles. The normalized spacial score (nSPS) is 12.6. The molecule has 0 radical (unpaired) electrons. The maximum atomic E-state index is 3.66. The van der Waals surface area contributed by atoms with Crippen LogP contribution in [0.1, 0.15) is 43.7 Å². The molecule has 0 aliphatic rings. The fraction of sp³-hybridized carbons (Fsp3) is 0.412. The summed E-state index contributed by atoms with van der Waals surface area (Å²) in [6, 6.07) is 13.6. The lowest BCUT2D eigenvalue weighted by atomic mass is 10.0. The van der Waals surface area contributed by atoms with Crippen LogP contribution in [0, 0.1) is 5.92 Å². The molecular formula is C17H23NS. The second-order valence-electron chi connectivity index (χ2n) is 5.33. The van der Waals surface area contributed by atoms with Crippen molar-refractivity contribution >= 4 is 17.0 Å². The van der Waals surface area contributed by atoms with E-state index in [1.807, 2.05) is 11.3 Å². The van der Waals surface area contributed by atoms with Crippen LogP contribution in [0.4, 0.5) is 5.69 Å². The van der Waals surface area contributed by atoms with Crippen LogP contribution in [0.25, 0.3) is 0 Å². The van der Waals surface area contributed by atoms with Gasteiger partial charge in [-0.15, -0.1) is 11.3 Å². The van der Waals surface area contributed by atoms with Gasteiger partial charge in [-0.25, -0.2) is 0 Å². The molecule has 0 aliphatic heterocycles. The van der Waals surface area contributed by atoms with Crippen LogP contribution in [0.15, 0.2) is 41.8 Å². The van der Waals surface area contributed by atoms with Crippen molar-refractivity contribution in [2.75, 3.05) is 5.32 Å². The van der Waals surface area contributed by atoms with Gasteiger partial charge in [0.1, 0.15) is 0 Å². The van der Waals surface area contributed by atoms with E-state index in [4.69, 9.17) is 0 Å². The first-order valence-corrected chi connectivity index (χ1v) is 7.97. The maximum Gasteiger partial charge on any atom is 0.0629 e. The molecule has 0 fully saturated rings. The van der Waals surface area contributed by atoms with Crippen LogP contribution in [-0.4, -0.2) is 0 Å². The Morgan fingerprint density at radius 2 is 1.84 bits per heavy atom. The minimum Gasteiger partial charge on any atom is -0.377 e. The van der Waals surface area contributed by atoms with Gasteiger partial charge in [-0.2, -0.15) is 0 Å². The lowest BCUT2D eigenvalue weighted by Crippen LogP contribution is -2.15. The Morgan fingerprint density at radius 3 is 2.37 bits per heavy atom. The highest BCUT2D eigenvalue weighted by Gasteiger charge is 2.16. The van der Waals surface area contributed by atoms with E-state index < -0.39 is 0 Å². The molecule has 2 heteroatoms. The number of nitrogens with one attached hydrogen (secondary N) is 1. The molecule has 1 heterocycles. The molecule has 1 atom stereocenters. The van der Waals surface area contributed by atoms with Crippen molar-refractivity contribution in [1.29, 1.82) is 0 Å². The predicted octanol–water partition coefficient (Wildman–Crippen LogP) is 5.51. The molecule has 1 aromatic heterocycles. The summed E-state index contributed by atoms with van der Waals surface area (Å²) in [6.45, 7) is 6.75. The molecule has 102 valence electrons. The molecule has 1 nitrogen and oxygen atoms in total. The summed E-state index contributed by atoms with van der Waals surface area (Å²) in [6.07, 6.45) is 2.37. The average molecular weight is 273 g/mol.